The highest BCUT2D eigenvalue weighted by Gasteiger charge is 2.02. The fraction of sp³-hybridized carbons (Fsp3) is 0.143. The van der Waals surface area contributed by atoms with E-state index >= 15 is 0 Å². The number of nitrogens with two attached hydrogens (primary N) is 1. The van der Waals surface area contributed by atoms with Crippen LogP contribution in [0.1, 0.15) is 11.1 Å². The van der Waals surface area contributed by atoms with Crippen molar-refractivity contribution in [2.75, 3.05) is 0 Å². The fourth-order valence-electron chi connectivity index (χ4n) is 1.52. The molecule has 94 valence electrons. The number of benzene rings is 2. The van der Waals surface area contributed by atoms with Crippen molar-refractivity contribution in [3.8, 4) is 5.75 Å². The smallest absolute Gasteiger partial charge is 0.138 e. The number of hydrogen-bond donors (Lipinski definition) is 1. The number of ether oxygens (including phenoxy) is 1. The molecule has 2 aromatic carbocycles. The molecule has 0 atom stereocenters. The number of rotatable bonds is 4. The number of halogens is 2. The minimum Gasteiger partial charge on any atom is -0.487 e. The summed E-state index contributed by atoms with van der Waals surface area (Å²) in [6, 6.07) is 13.6. The lowest BCUT2D eigenvalue weighted by atomic mass is 10.1. The molecule has 0 amide bonds. The van der Waals surface area contributed by atoms with Crippen LogP contribution in [0.3, 0.4) is 0 Å². The van der Waals surface area contributed by atoms with E-state index in [4.69, 9.17) is 22.1 Å². The van der Waals surface area contributed by atoms with Crippen LogP contribution in [0.25, 0.3) is 0 Å². The molecule has 2 rings (SSSR count). The van der Waals surface area contributed by atoms with E-state index < -0.39 is 0 Å². The highest BCUT2D eigenvalue weighted by atomic mass is 79.9. The lowest BCUT2D eigenvalue weighted by molar-refractivity contribution is 0.306. The summed E-state index contributed by atoms with van der Waals surface area (Å²) in [6.07, 6.45) is 0. The maximum atomic E-state index is 6.07. The Morgan fingerprint density at radius 3 is 2.33 bits per heavy atom. The normalized spacial score (nSPS) is 10.4. The lowest BCUT2D eigenvalue weighted by Crippen LogP contribution is -1.98. The molecule has 0 saturated heterocycles. The Kier molecular flexibility index (Phi) is 4.64. The molecule has 0 aromatic heterocycles. The van der Waals surface area contributed by atoms with Gasteiger partial charge in [0, 0.05) is 11.0 Å². The monoisotopic (exact) mass is 325 g/mol. The van der Waals surface area contributed by atoms with Gasteiger partial charge in [-0.2, -0.15) is 0 Å². The van der Waals surface area contributed by atoms with Gasteiger partial charge in [0.2, 0.25) is 0 Å². The molecule has 0 unspecified atom stereocenters. The van der Waals surface area contributed by atoms with Crippen LogP contribution in [0.5, 0.6) is 5.75 Å². The van der Waals surface area contributed by atoms with E-state index in [9.17, 15) is 0 Å². The van der Waals surface area contributed by atoms with Gasteiger partial charge in [-0.15, -0.1) is 0 Å². The first-order chi connectivity index (χ1) is 8.69. The van der Waals surface area contributed by atoms with Crippen molar-refractivity contribution in [1.29, 1.82) is 0 Å². The van der Waals surface area contributed by atoms with E-state index in [-0.39, 0.29) is 0 Å². The van der Waals surface area contributed by atoms with Crippen LogP contribution in [0.4, 0.5) is 0 Å². The summed E-state index contributed by atoms with van der Waals surface area (Å²) >= 11 is 9.43. The third-order valence-electron chi connectivity index (χ3n) is 2.55. The molecule has 0 bridgehead atoms. The summed E-state index contributed by atoms with van der Waals surface area (Å²) in [5, 5.41) is 0.600. The van der Waals surface area contributed by atoms with Gasteiger partial charge >= 0.3 is 0 Å². The Labute approximate surface area is 120 Å². The summed E-state index contributed by atoms with van der Waals surface area (Å²) in [7, 11) is 0. The Morgan fingerprint density at radius 2 is 1.72 bits per heavy atom. The van der Waals surface area contributed by atoms with Crippen molar-refractivity contribution in [1.82, 2.24) is 0 Å². The van der Waals surface area contributed by atoms with E-state index in [2.05, 4.69) is 15.9 Å². The topological polar surface area (TPSA) is 35.2 Å². The van der Waals surface area contributed by atoms with Gasteiger partial charge in [0.05, 0.1) is 5.02 Å². The summed E-state index contributed by atoms with van der Waals surface area (Å²) in [4.78, 5) is 0. The van der Waals surface area contributed by atoms with Crippen LogP contribution in [0.2, 0.25) is 5.02 Å². The minimum absolute atomic E-state index is 0.492. The highest BCUT2D eigenvalue weighted by Crippen LogP contribution is 2.28. The molecule has 2 aromatic rings. The summed E-state index contributed by atoms with van der Waals surface area (Å²) in [5.74, 6) is 0.683. The fourth-order valence-corrected chi connectivity index (χ4v) is 2.25. The lowest BCUT2D eigenvalue weighted by Gasteiger charge is -2.08. The van der Waals surface area contributed by atoms with Gasteiger partial charge in [0.15, 0.2) is 0 Å². The SMILES string of the molecule is NCc1ccc(COc2ccc(Br)cc2Cl)cc1. The average Bonchev–Trinajstić information content (AvgIpc) is 2.38. The van der Waals surface area contributed by atoms with Gasteiger partial charge in [0.25, 0.3) is 0 Å². The van der Waals surface area contributed by atoms with Crippen LogP contribution in [0, 0.1) is 0 Å². The van der Waals surface area contributed by atoms with Crippen molar-refractivity contribution >= 4 is 27.5 Å². The molecule has 0 heterocycles. The zero-order valence-corrected chi connectivity index (χ0v) is 12.0. The van der Waals surface area contributed by atoms with Crippen LogP contribution < -0.4 is 10.5 Å². The standard InChI is InChI=1S/C14H13BrClNO/c15-12-5-6-14(13(16)7-12)18-9-11-3-1-10(8-17)2-4-11/h1-7H,8-9,17H2. The second-order valence-corrected chi connectivity index (χ2v) is 5.21. The first-order valence-electron chi connectivity index (χ1n) is 5.55. The molecule has 0 aliphatic carbocycles. The molecule has 4 heteroatoms. The molecular weight excluding hydrogens is 314 g/mol. The van der Waals surface area contributed by atoms with E-state index in [1.54, 1.807) is 0 Å². The molecule has 0 spiro atoms. The van der Waals surface area contributed by atoms with E-state index in [1.165, 1.54) is 0 Å². The molecule has 0 radical (unpaired) electrons. The van der Waals surface area contributed by atoms with Gasteiger partial charge < -0.3 is 10.5 Å². The molecule has 0 aliphatic rings. The Balaban J connectivity index is 2.02. The van der Waals surface area contributed by atoms with Crippen molar-refractivity contribution in [2.45, 2.75) is 13.2 Å². The minimum atomic E-state index is 0.492. The first-order valence-corrected chi connectivity index (χ1v) is 6.72. The second-order valence-electron chi connectivity index (χ2n) is 3.88. The second kappa shape index (κ2) is 6.23. The van der Waals surface area contributed by atoms with Gasteiger partial charge in [-0.3, -0.25) is 0 Å². The third kappa shape index (κ3) is 3.48. The average molecular weight is 327 g/mol. The molecule has 0 saturated carbocycles. The predicted octanol–water partition coefficient (Wildman–Crippen LogP) is 4.14. The van der Waals surface area contributed by atoms with E-state index in [0.717, 1.165) is 15.6 Å². The predicted molar refractivity (Wildman–Crippen MR) is 77.8 cm³/mol. The van der Waals surface area contributed by atoms with Crippen molar-refractivity contribution < 1.29 is 4.74 Å². The van der Waals surface area contributed by atoms with Gasteiger partial charge in [-0.25, -0.2) is 0 Å². The molecular formula is C14H13BrClNO. The van der Waals surface area contributed by atoms with Gasteiger partial charge in [0.1, 0.15) is 12.4 Å². The third-order valence-corrected chi connectivity index (χ3v) is 3.34. The van der Waals surface area contributed by atoms with E-state index in [0.29, 0.717) is 23.9 Å². The highest BCUT2D eigenvalue weighted by molar-refractivity contribution is 9.10. The van der Waals surface area contributed by atoms with Crippen LogP contribution >= 0.6 is 27.5 Å². The Hall–Kier alpha value is -1.03. The summed E-state index contributed by atoms with van der Waals surface area (Å²) in [5.41, 5.74) is 7.75. The largest absolute Gasteiger partial charge is 0.487 e. The molecule has 18 heavy (non-hydrogen) atoms. The van der Waals surface area contributed by atoms with Crippen LogP contribution in [-0.2, 0) is 13.2 Å². The van der Waals surface area contributed by atoms with Gasteiger partial charge in [-0.05, 0) is 29.3 Å². The van der Waals surface area contributed by atoms with Crippen LogP contribution in [-0.4, -0.2) is 0 Å². The molecule has 0 fully saturated rings. The van der Waals surface area contributed by atoms with Crippen molar-refractivity contribution in [3.63, 3.8) is 0 Å². The summed E-state index contributed by atoms with van der Waals surface area (Å²) < 4.78 is 6.60. The Morgan fingerprint density at radius 1 is 1.06 bits per heavy atom. The van der Waals surface area contributed by atoms with Crippen LogP contribution in [0.15, 0.2) is 46.9 Å². The zero-order chi connectivity index (χ0) is 13.0. The molecule has 0 aliphatic heterocycles. The quantitative estimate of drug-likeness (QED) is 0.916. The van der Waals surface area contributed by atoms with Crippen molar-refractivity contribution in [3.05, 3.63) is 63.1 Å². The van der Waals surface area contributed by atoms with Gasteiger partial charge in [-0.1, -0.05) is 51.8 Å². The zero-order valence-electron chi connectivity index (χ0n) is 9.70. The maximum absolute atomic E-state index is 6.07. The Bertz CT molecular complexity index is 528. The summed E-state index contributed by atoms with van der Waals surface area (Å²) in [6.45, 7) is 1.05. The first kappa shape index (κ1) is 13.4. The number of hydrogen-bond acceptors (Lipinski definition) is 2. The maximum Gasteiger partial charge on any atom is 0.138 e. The molecule has 2 nitrogen and oxygen atoms in total. The molecule has 2 N–H and O–H groups in total. The van der Waals surface area contributed by atoms with Crippen molar-refractivity contribution in [2.24, 2.45) is 5.73 Å². The van der Waals surface area contributed by atoms with E-state index in [1.807, 2.05) is 42.5 Å².